The van der Waals surface area contributed by atoms with E-state index in [1.54, 1.807) is 6.07 Å². The molecule has 1 fully saturated rings. The first-order valence-electron chi connectivity index (χ1n) is 6.12. The summed E-state index contributed by atoms with van der Waals surface area (Å²) in [6.07, 6.45) is 1.17. The van der Waals surface area contributed by atoms with E-state index >= 15 is 0 Å². The minimum Gasteiger partial charge on any atom is -0.478 e. The Morgan fingerprint density at radius 1 is 1.61 bits per heavy atom. The second-order valence-electron chi connectivity index (χ2n) is 4.87. The van der Waals surface area contributed by atoms with Crippen LogP contribution in [0.25, 0.3) is 0 Å². The summed E-state index contributed by atoms with van der Waals surface area (Å²) in [5.74, 6) is -0.389. The van der Waals surface area contributed by atoms with Crippen molar-refractivity contribution in [2.75, 3.05) is 37.7 Å². The second-order valence-corrected chi connectivity index (χ2v) is 4.87. The zero-order valence-electron chi connectivity index (χ0n) is 10.5. The predicted molar refractivity (Wildman–Crippen MR) is 71.9 cm³/mol. The van der Waals surface area contributed by atoms with Crippen LogP contribution < -0.4 is 11.1 Å². The normalized spacial score (nSPS) is 19.9. The Morgan fingerprint density at radius 2 is 2.39 bits per heavy atom. The molecule has 0 aromatic heterocycles. The van der Waals surface area contributed by atoms with Crippen LogP contribution in [0.5, 0.6) is 0 Å². The molecule has 0 amide bonds. The molecule has 0 aliphatic carbocycles. The number of carbonyl (C=O) groups is 1. The molecule has 1 aliphatic heterocycles. The van der Waals surface area contributed by atoms with E-state index in [1.807, 2.05) is 6.07 Å². The SMILES string of the molecule is CN1CCC(CNc2cccc(C(=O)O)c2N)C1. The highest BCUT2D eigenvalue weighted by molar-refractivity contribution is 5.97. The first-order valence-corrected chi connectivity index (χ1v) is 6.12. The number of carboxylic acid groups (broad SMARTS) is 1. The molecule has 18 heavy (non-hydrogen) atoms. The van der Waals surface area contributed by atoms with Crippen molar-refractivity contribution >= 4 is 17.3 Å². The number of likely N-dealkylation sites (tertiary alicyclic amines) is 1. The van der Waals surface area contributed by atoms with Crippen molar-refractivity contribution in [2.45, 2.75) is 6.42 Å². The Labute approximate surface area is 107 Å². The van der Waals surface area contributed by atoms with Crippen molar-refractivity contribution in [1.29, 1.82) is 0 Å². The van der Waals surface area contributed by atoms with E-state index in [4.69, 9.17) is 10.8 Å². The lowest BCUT2D eigenvalue weighted by Crippen LogP contribution is -2.19. The fraction of sp³-hybridized carbons (Fsp3) is 0.462. The van der Waals surface area contributed by atoms with Gasteiger partial charge in [0.05, 0.1) is 16.9 Å². The van der Waals surface area contributed by atoms with Crippen LogP contribution in [-0.4, -0.2) is 42.7 Å². The topological polar surface area (TPSA) is 78.6 Å². The van der Waals surface area contributed by atoms with E-state index in [2.05, 4.69) is 17.3 Å². The summed E-state index contributed by atoms with van der Waals surface area (Å²) < 4.78 is 0. The summed E-state index contributed by atoms with van der Waals surface area (Å²) in [6.45, 7) is 3.03. The number of hydrogen-bond donors (Lipinski definition) is 3. The largest absolute Gasteiger partial charge is 0.478 e. The van der Waals surface area contributed by atoms with Gasteiger partial charge in [0, 0.05) is 13.1 Å². The number of nitrogens with two attached hydrogens (primary N) is 1. The van der Waals surface area contributed by atoms with Gasteiger partial charge >= 0.3 is 5.97 Å². The van der Waals surface area contributed by atoms with Crippen LogP contribution in [0.1, 0.15) is 16.8 Å². The summed E-state index contributed by atoms with van der Waals surface area (Å²) in [7, 11) is 2.11. The molecule has 0 spiro atoms. The average molecular weight is 249 g/mol. The van der Waals surface area contributed by atoms with Crippen LogP contribution in [0.2, 0.25) is 0 Å². The summed E-state index contributed by atoms with van der Waals surface area (Å²) >= 11 is 0. The number of nitrogen functional groups attached to an aromatic ring is 1. The van der Waals surface area contributed by atoms with Crippen molar-refractivity contribution in [3.63, 3.8) is 0 Å². The number of benzene rings is 1. The van der Waals surface area contributed by atoms with E-state index in [9.17, 15) is 4.79 Å². The van der Waals surface area contributed by atoms with Crippen LogP contribution >= 0.6 is 0 Å². The molecule has 0 radical (unpaired) electrons. The highest BCUT2D eigenvalue weighted by atomic mass is 16.4. The van der Waals surface area contributed by atoms with E-state index < -0.39 is 5.97 Å². The lowest BCUT2D eigenvalue weighted by atomic mass is 10.1. The van der Waals surface area contributed by atoms with Gasteiger partial charge in [-0.2, -0.15) is 0 Å². The van der Waals surface area contributed by atoms with Gasteiger partial charge in [0.15, 0.2) is 0 Å². The fourth-order valence-electron chi connectivity index (χ4n) is 2.35. The number of hydrogen-bond acceptors (Lipinski definition) is 4. The van der Waals surface area contributed by atoms with Gasteiger partial charge in [0.25, 0.3) is 0 Å². The zero-order valence-corrected chi connectivity index (χ0v) is 10.5. The minimum absolute atomic E-state index is 0.156. The first-order chi connectivity index (χ1) is 8.58. The maximum Gasteiger partial charge on any atom is 0.337 e. The molecule has 1 aliphatic rings. The van der Waals surface area contributed by atoms with Crippen molar-refractivity contribution < 1.29 is 9.90 Å². The quantitative estimate of drug-likeness (QED) is 0.702. The predicted octanol–water partition coefficient (Wildman–Crippen LogP) is 1.33. The highest BCUT2D eigenvalue weighted by Crippen LogP contribution is 2.24. The maximum atomic E-state index is 11.0. The molecule has 1 aromatic carbocycles. The minimum atomic E-state index is -0.989. The van der Waals surface area contributed by atoms with Crippen molar-refractivity contribution in [2.24, 2.45) is 5.92 Å². The smallest absolute Gasteiger partial charge is 0.337 e. The molecule has 1 saturated heterocycles. The standard InChI is InChI=1S/C13H19N3O2/c1-16-6-5-9(8-16)7-15-11-4-2-3-10(12(11)14)13(17)18/h2-4,9,15H,5-8,14H2,1H3,(H,17,18). The zero-order chi connectivity index (χ0) is 13.1. The van der Waals surface area contributed by atoms with Crippen molar-refractivity contribution in [3.05, 3.63) is 23.8 Å². The van der Waals surface area contributed by atoms with Gasteiger partial charge in [-0.05, 0) is 38.1 Å². The molecule has 2 rings (SSSR count). The molecular formula is C13H19N3O2. The molecule has 0 saturated carbocycles. The Bertz CT molecular complexity index is 448. The van der Waals surface area contributed by atoms with Crippen LogP contribution in [-0.2, 0) is 0 Å². The average Bonchev–Trinajstić information content (AvgIpc) is 2.73. The molecule has 5 heteroatoms. The van der Waals surface area contributed by atoms with Gasteiger partial charge < -0.3 is 21.1 Å². The molecule has 98 valence electrons. The number of aromatic carboxylic acids is 1. The first kappa shape index (κ1) is 12.7. The fourth-order valence-corrected chi connectivity index (χ4v) is 2.35. The van der Waals surface area contributed by atoms with E-state index in [-0.39, 0.29) is 5.56 Å². The lowest BCUT2D eigenvalue weighted by molar-refractivity contribution is 0.0698. The molecule has 0 bridgehead atoms. The maximum absolute atomic E-state index is 11.0. The summed E-state index contributed by atoms with van der Waals surface area (Å²) in [5.41, 5.74) is 7.03. The number of nitrogens with zero attached hydrogens (tertiary/aromatic N) is 1. The Kier molecular flexibility index (Phi) is 3.72. The summed E-state index contributed by atoms with van der Waals surface area (Å²) in [4.78, 5) is 13.3. The molecule has 1 unspecified atom stereocenters. The third kappa shape index (κ3) is 2.73. The number of carboxylic acids is 1. The monoisotopic (exact) mass is 249 g/mol. The number of para-hydroxylation sites is 1. The summed E-state index contributed by atoms with van der Waals surface area (Å²) in [5, 5.41) is 12.2. The van der Waals surface area contributed by atoms with E-state index in [1.165, 1.54) is 12.5 Å². The van der Waals surface area contributed by atoms with E-state index in [0.29, 0.717) is 17.3 Å². The third-order valence-electron chi connectivity index (χ3n) is 3.41. The van der Waals surface area contributed by atoms with Gasteiger partial charge in [-0.25, -0.2) is 4.79 Å². The van der Waals surface area contributed by atoms with Crippen molar-refractivity contribution in [1.82, 2.24) is 4.90 Å². The van der Waals surface area contributed by atoms with Gasteiger partial charge in [-0.15, -0.1) is 0 Å². The molecule has 1 atom stereocenters. The lowest BCUT2D eigenvalue weighted by Gasteiger charge is -2.15. The van der Waals surface area contributed by atoms with Gasteiger partial charge in [-0.3, -0.25) is 0 Å². The highest BCUT2D eigenvalue weighted by Gasteiger charge is 2.19. The Morgan fingerprint density at radius 3 is 3.00 bits per heavy atom. The molecule has 4 N–H and O–H groups in total. The van der Waals surface area contributed by atoms with Crippen molar-refractivity contribution in [3.8, 4) is 0 Å². The van der Waals surface area contributed by atoms with E-state index in [0.717, 1.165) is 19.6 Å². The second kappa shape index (κ2) is 5.27. The third-order valence-corrected chi connectivity index (χ3v) is 3.41. The van der Waals surface area contributed by atoms with Gasteiger partial charge in [-0.1, -0.05) is 6.07 Å². The van der Waals surface area contributed by atoms with Gasteiger partial charge in [0.2, 0.25) is 0 Å². The molecule has 5 nitrogen and oxygen atoms in total. The van der Waals surface area contributed by atoms with Crippen LogP contribution in [0.3, 0.4) is 0 Å². The van der Waals surface area contributed by atoms with Gasteiger partial charge in [0.1, 0.15) is 0 Å². The number of nitrogens with one attached hydrogen (secondary N) is 1. The van der Waals surface area contributed by atoms with Crippen LogP contribution in [0.15, 0.2) is 18.2 Å². The summed E-state index contributed by atoms with van der Waals surface area (Å²) in [6, 6.07) is 5.05. The van der Waals surface area contributed by atoms with Crippen LogP contribution in [0.4, 0.5) is 11.4 Å². The Balaban J connectivity index is 2.01. The number of anilines is 2. The van der Waals surface area contributed by atoms with Crippen LogP contribution in [0, 0.1) is 5.92 Å². The number of rotatable bonds is 4. The Hall–Kier alpha value is -1.75. The molecule has 1 aromatic rings. The molecule has 1 heterocycles. The molecular weight excluding hydrogens is 230 g/mol.